The Kier molecular flexibility index (Phi) is 6.17. The van der Waals surface area contributed by atoms with Crippen molar-refractivity contribution in [2.45, 2.75) is 51.2 Å². The third-order valence-corrected chi connectivity index (χ3v) is 5.59. The third-order valence-electron chi connectivity index (χ3n) is 5.59. The standard InChI is InChI=1S/C26H26F2N2O3/c1-16(2)25-29-23(17-4-8-19(27)9-5-17)24(18-6-10-20(28)11-7-18)30(25)13-12-21-14-26(3,32)15-22(31)33-21/h4-13,16,21,32H,14-15H2,1-3H3/b13-12+. The SMILES string of the molecule is CC(C)c1nc(-c2ccc(F)cc2)c(-c2ccc(F)cc2)n1/C=C/C1CC(C)(O)CC(=O)O1. The third kappa shape index (κ3) is 5.03. The molecule has 0 amide bonds. The lowest BCUT2D eigenvalue weighted by Gasteiger charge is -2.31. The molecule has 172 valence electrons. The van der Waals surface area contributed by atoms with Gasteiger partial charge in [-0.05, 0) is 61.5 Å². The second-order valence-electron chi connectivity index (χ2n) is 8.95. The van der Waals surface area contributed by atoms with Crippen LogP contribution in [0.4, 0.5) is 8.78 Å². The first kappa shape index (κ1) is 22.9. The Balaban J connectivity index is 1.86. The summed E-state index contributed by atoms with van der Waals surface area (Å²) in [7, 11) is 0. The Hall–Kier alpha value is -3.32. The summed E-state index contributed by atoms with van der Waals surface area (Å²) in [5.74, 6) is -0.402. The zero-order valence-corrected chi connectivity index (χ0v) is 18.8. The van der Waals surface area contributed by atoms with Gasteiger partial charge in [0, 0.05) is 29.7 Å². The number of cyclic esters (lactones) is 1. The fourth-order valence-corrected chi connectivity index (χ4v) is 4.06. The van der Waals surface area contributed by atoms with Crippen molar-refractivity contribution in [1.82, 2.24) is 9.55 Å². The summed E-state index contributed by atoms with van der Waals surface area (Å²) in [6, 6.07) is 12.1. The normalized spacial score (nSPS) is 21.1. The lowest BCUT2D eigenvalue weighted by atomic mass is 9.92. The van der Waals surface area contributed by atoms with Crippen molar-refractivity contribution >= 4 is 12.2 Å². The molecular formula is C26H26F2N2O3. The van der Waals surface area contributed by atoms with E-state index < -0.39 is 17.7 Å². The van der Waals surface area contributed by atoms with Crippen molar-refractivity contribution in [3.8, 4) is 22.5 Å². The van der Waals surface area contributed by atoms with Crippen molar-refractivity contribution in [2.75, 3.05) is 0 Å². The Morgan fingerprint density at radius 1 is 1.09 bits per heavy atom. The number of hydrogen-bond donors (Lipinski definition) is 1. The van der Waals surface area contributed by atoms with E-state index in [-0.39, 0.29) is 30.4 Å². The fourth-order valence-electron chi connectivity index (χ4n) is 4.06. The maximum absolute atomic E-state index is 13.7. The molecule has 0 aliphatic carbocycles. The molecule has 1 aromatic heterocycles. The maximum Gasteiger partial charge on any atom is 0.309 e. The molecule has 1 fully saturated rings. The van der Waals surface area contributed by atoms with E-state index in [0.29, 0.717) is 11.4 Å². The van der Waals surface area contributed by atoms with E-state index >= 15 is 0 Å². The van der Waals surface area contributed by atoms with E-state index in [9.17, 15) is 18.7 Å². The summed E-state index contributed by atoms with van der Waals surface area (Å²) in [6.45, 7) is 5.61. The van der Waals surface area contributed by atoms with Crippen LogP contribution in [0.15, 0.2) is 54.6 Å². The van der Waals surface area contributed by atoms with Gasteiger partial charge in [0.25, 0.3) is 0 Å². The second kappa shape index (κ2) is 8.90. The monoisotopic (exact) mass is 452 g/mol. The quantitative estimate of drug-likeness (QED) is 0.516. The van der Waals surface area contributed by atoms with Crippen LogP contribution < -0.4 is 0 Å². The van der Waals surface area contributed by atoms with Gasteiger partial charge >= 0.3 is 5.97 Å². The van der Waals surface area contributed by atoms with E-state index in [1.54, 1.807) is 43.5 Å². The Morgan fingerprint density at radius 2 is 1.67 bits per heavy atom. The number of esters is 1. The van der Waals surface area contributed by atoms with Gasteiger partial charge in [0.15, 0.2) is 0 Å². The van der Waals surface area contributed by atoms with Gasteiger partial charge in [0.05, 0.1) is 23.4 Å². The van der Waals surface area contributed by atoms with E-state index in [1.165, 1.54) is 24.3 Å². The molecule has 2 heterocycles. The Labute approximate surface area is 191 Å². The average Bonchev–Trinajstić information content (AvgIpc) is 3.12. The number of carbonyl (C=O) groups excluding carboxylic acids is 1. The average molecular weight is 453 g/mol. The van der Waals surface area contributed by atoms with Crippen molar-refractivity contribution < 1.29 is 23.4 Å². The molecule has 0 bridgehead atoms. The van der Waals surface area contributed by atoms with Crippen molar-refractivity contribution in [3.05, 3.63) is 72.1 Å². The van der Waals surface area contributed by atoms with Gasteiger partial charge in [-0.2, -0.15) is 0 Å². The highest BCUT2D eigenvalue weighted by Crippen LogP contribution is 2.36. The Morgan fingerprint density at radius 3 is 2.21 bits per heavy atom. The topological polar surface area (TPSA) is 64.3 Å². The van der Waals surface area contributed by atoms with Crippen LogP contribution in [-0.2, 0) is 9.53 Å². The number of hydrogen-bond acceptors (Lipinski definition) is 4. The molecule has 7 heteroatoms. The van der Waals surface area contributed by atoms with E-state index in [1.807, 2.05) is 18.4 Å². The van der Waals surface area contributed by atoms with Gasteiger partial charge in [-0.15, -0.1) is 0 Å². The molecule has 1 aliphatic heterocycles. The molecule has 33 heavy (non-hydrogen) atoms. The van der Waals surface area contributed by atoms with Crippen LogP contribution in [0.2, 0.25) is 0 Å². The molecule has 1 N–H and O–H groups in total. The number of imidazole rings is 1. The van der Waals surface area contributed by atoms with E-state index in [4.69, 9.17) is 9.72 Å². The van der Waals surface area contributed by atoms with Crippen molar-refractivity contribution in [2.24, 2.45) is 0 Å². The lowest BCUT2D eigenvalue weighted by molar-refractivity contribution is -0.163. The molecule has 4 rings (SSSR count). The van der Waals surface area contributed by atoms with Crippen LogP contribution in [-0.4, -0.2) is 32.3 Å². The number of rotatable bonds is 5. The maximum atomic E-state index is 13.7. The van der Waals surface area contributed by atoms with Gasteiger partial charge in [0.1, 0.15) is 23.6 Å². The molecule has 1 aliphatic rings. The zero-order chi connectivity index (χ0) is 23.8. The number of halogens is 2. The molecule has 2 aromatic carbocycles. The minimum Gasteiger partial charge on any atom is -0.458 e. The highest BCUT2D eigenvalue weighted by molar-refractivity contribution is 5.81. The number of carbonyl (C=O) groups is 1. The van der Waals surface area contributed by atoms with Crippen LogP contribution in [0, 0.1) is 11.6 Å². The molecule has 0 spiro atoms. The smallest absolute Gasteiger partial charge is 0.309 e. The lowest BCUT2D eigenvalue weighted by Crippen LogP contribution is -2.40. The minimum absolute atomic E-state index is 0.0278. The molecular weight excluding hydrogens is 426 g/mol. The van der Waals surface area contributed by atoms with Crippen molar-refractivity contribution in [1.29, 1.82) is 0 Å². The van der Waals surface area contributed by atoms with Crippen LogP contribution >= 0.6 is 0 Å². The molecule has 5 nitrogen and oxygen atoms in total. The largest absolute Gasteiger partial charge is 0.458 e. The van der Waals surface area contributed by atoms with Crippen LogP contribution in [0.5, 0.6) is 0 Å². The number of aliphatic hydroxyl groups is 1. The van der Waals surface area contributed by atoms with Gasteiger partial charge in [-0.1, -0.05) is 13.8 Å². The zero-order valence-electron chi connectivity index (χ0n) is 18.8. The van der Waals surface area contributed by atoms with Crippen LogP contribution in [0.25, 0.3) is 28.7 Å². The predicted octanol–water partition coefficient (Wildman–Crippen LogP) is 5.55. The highest BCUT2D eigenvalue weighted by atomic mass is 19.1. The summed E-state index contributed by atoms with van der Waals surface area (Å²) >= 11 is 0. The van der Waals surface area contributed by atoms with Gasteiger partial charge < -0.3 is 14.4 Å². The molecule has 2 atom stereocenters. The molecule has 0 saturated carbocycles. The first-order valence-electron chi connectivity index (χ1n) is 10.9. The summed E-state index contributed by atoms with van der Waals surface area (Å²) < 4.78 is 34.5. The van der Waals surface area contributed by atoms with Gasteiger partial charge in [-0.25, -0.2) is 13.8 Å². The molecule has 1 saturated heterocycles. The number of benzene rings is 2. The van der Waals surface area contributed by atoms with Crippen molar-refractivity contribution in [3.63, 3.8) is 0 Å². The first-order chi connectivity index (χ1) is 15.6. The molecule has 2 unspecified atom stereocenters. The van der Waals surface area contributed by atoms with Crippen LogP contribution in [0.3, 0.4) is 0 Å². The summed E-state index contributed by atoms with van der Waals surface area (Å²) in [4.78, 5) is 16.8. The molecule has 3 aromatic rings. The van der Waals surface area contributed by atoms with Crippen LogP contribution in [0.1, 0.15) is 45.4 Å². The highest BCUT2D eigenvalue weighted by Gasteiger charge is 2.35. The number of nitrogens with zero attached hydrogens (tertiary/aromatic N) is 2. The molecule has 0 radical (unpaired) electrons. The summed E-state index contributed by atoms with van der Waals surface area (Å²) in [6.07, 6.45) is 3.12. The van der Waals surface area contributed by atoms with E-state index in [0.717, 1.165) is 17.0 Å². The first-order valence-corrected chi connectivity index (χ1v) is 10.9. The Bertz CT molecular complexity index is 1180. The summed E-state index contributed by atoms with van der Waals surface area (Å²) in [5, 5.41) is 10.4. The predicted molar refractivity (Wildman–Crippen MR) is 122 cm³/mol. The summed E-state index contributed by atoms with van der Waals surface area (Å²) in [5.41, 5.74) is 1.64. The fraction of sp³-hybridized carbons (Fsp3) is 0.308. The van der Waals surface area contributed by atoms with E-state index in [2.05, 4.69) is 0 Å². The number of aromatic nitrogens is 2. The number of ether oxygens (including phenoxy) is 1. The van der Waals surface area contributed by atoms with Gasteiger partial charge in [-0.3, -0.25) is 4.79 Å². The second-order valence-corrected chi connectivity index (χ2v) is 8.95. The van der Waals surface area contributed by atoms with Gasteiger partial charge in [0.2, 0.25) is 0 Å². The minimum atomic E-state index is -1.14.